The Bertz CT molecular complexity index is 641. The first-order chi connectivity index (χ1) is 9.56. The maximum absolute atomic E-state index is 11.7. The third kappa shape index (κ3) is 3.32. The smallest absolute Gasteiger partial charge is 0.335 e. The number of aryl methyl sites for hydroxylation is 1. The van der Waals surface area contributed by atoms with E-state index in [4.69, 9.17) is 5.11 Å². The van der Waals surface area contributed by atoms with E-state index in [0.29, 0.717) is 16.9 Å². The van der Waals surface area contributed by atoms with Gasteiger partial charge in [0, 0.05) is 11.9 Å². The van der Waals surface area contributed by atoms with Crippen molar-refractivity contribution in [3.63, 3.8) is 0 Å². The molecule has 6 nitrogen and oxygen atoms in total. The average Bonchev–Trinajstić information content (AvgIpc) is 2.39. The lowest BCUT2D eigenvalue weighted by Crippen LogP contribution is -2.19. The monoisotopic (exact) mass is 271 g/mol. The van der Waals surface area contributed by atoms with Gasteiger partial charge in [0.15, 0.2) is 0 Å². The van der Waals surface area contributed by atoms with Crippen molar-refractivity contribution in [2.45, 2.75) is 6.92 Å². The summed E-state index contributed by atoms with van der Waals surface area (Å²) >= 11 is 0. The van der Waals surface area contributed by atoms with Crippen LogP contribution in [0.4, 0.5) is 16.2 Å². The second kappa shape index (κ2) is 5.83. The Hall–Kier alpha value is -2.89. The summed E-state index contributed by atoms with van der Waals surface area (Å²) in [6.07, 6.45) is 3.13. The molecule has 2 amide bonds. The number of aromatic nitrogens is 1. The van der Waals surface area contributed by atoms with Gasteiger partial charge in [-0.25, -0.2) is 9.59 Å². The fraction of sp³-hybridized carbons (Fsp3) is 0.0714. The number of benzene rings is 1. The van der Waals surface area contributed by atoms with Crippen molar-refractivity contribution < 1.29 is 14.7 Å². The molecule has 0 aliphatic rings. The molecule has 0 bridgehead atoms. The van der Waals surface area contributed by atoms with Crippen molar-refractivity contribution in [2.24, 2.45) is 0 Å². The highest BCUT2D eigenvalue weighted by atomic mass is 16.4. The van der Waals surface area contributed by atoms with Gasteiger partial charge in [-0.15, -0.1) is 0 Å². The topological polar surface area (TPSA) is 91.3 Å². The molecule has 1 aromatic heterocycles. The molecule has 0 aliphatic heterocycles. The molecule has 0 saturated heterocycles. The van der Waals surface area contributed by atoms with Crippen molar-refractivity contribution in [3.05, 3.63) is 53.9 Å². The van der Waals surface area contributed by atoms with Gasteiger partial charge in [0.2, 0.25) is 0 Å². The second-order valence-electron chi connectivity index (χ2n) is 4.16. The number of rotatable bonds is 3. The van der Waals surface area contributed by atoms with Crippen LogP contribution in [-0.4, -0.2) is 22.1 Å². The van der Waals surface area contributed by atoms with Crippen molar-refractivity contribution in [3.8, 4) is 0 Å². The third-order valence-electron chi connectivity index (χ3n) is 2.63. The lowest BCUT2D eigenvalue weighted by Gasteiger charge is -2.09. The number of hydrogen-bond acceptors (Lipinski definition) is 3. The van der Waals surface area contributed by atoms with E-state index < -0.39 is 12.0 Å². The van der Waals surface area contributed by atoms with Crippen LogP contribution in [-0.2, 0) is 0 Å². The zero-order valence-corrected chi connectivity index (χ0v) is 10.8. The number of carbonyl (C=O) groups excluding carboxylic acids is 1. The number of carbonyl (C=O) groups is 2. The molecule has 3 N–H and O–H groups in total. The summed E-state index contributed by atoms with van der Waals surface area (Å²) < 4.78 is 0. The molecule has 20 heavy (non-hydrogen) atoms. The highest BCUT2D eigenvalue weighted by Gasteiger charge is 2.08. The molecule has 0 radical (unpaired) electrons. The first kappa shape index (κ1) is 13.5. The number of carboxylic acid groups (broad SMARTS) is 1. The fourth-order valence-electron chi connectivity index (χ4n) is 1.71. The Morgan fingerprint density at radius 1 is 1.15 bits per heavy atom. The van der Waals surface area contributed by atoms with Gasteiger partial charge in [-0.2, -0.15) is 0 Å². The van der Waals surface area contributed by atoms with E-state index in [2.05, 4.69) is 15.6 Å². The normalized spacial score (nSPS) is 9.85. The Kier molecular flexibility index (Phi) is 3.95. The Morgan fingerprint density at radius 3 is 2.50 bits per heavy atom. The minimum Gasteiger partial charge on any atom is -0.478 e. The van der Waals surface area contributed by atoms with Crippen LogP contribution in [0.5, 0.6) is 0 Å². The van der Waals surface area contributed by atoms with Crippen molar-refractivity contribution in [1.82, 2.24) is 4.98 Å². The fourth-order valence-corrected chi connectivity index (χ4v) is 1.71. The average molecular weight is 271 g/mol. The molecular formula is C14H13N3O3. The predicted molar refractivity (Wildman–Crippen MR) is 75.0 cm³/mol. The number of nitrogens with one attached hydrogen (secondary N) is 2. The molecule has 0 aliphatic carbocycles. The van der Waals surface area contributed by atoms with E-state index in [9.17, 15) is 9.59 Å². The van der Waals surface area contributed by atoms with Gasteiger partial charge in [-0.1, -0.05) is 0 Å². The first-order valence-corrected chi connectivity index (χ1v) is 5.88. The Balaban J connectivity index is 2.05. The molecule has 6 heteroatoms. The molecule has 102 valence electrons. The maximum atomic E-state index is 11.7. The Labute approximate surface area is 115 Å². The lowest BCUT2D eigenvalue weighted by molar-refractivity contribution is 0.0696. The number of aromatic carboxylic acids is 1. The summed E-state index contributed by atoms with van der Waals surface area (Å²) in [6, 6.07) is 7.61. The SMILES string of the molecule is Cc1cc(NC(=O)Nc2cccnc2)ccc1C(=O)O. The summed E-state index contributed by atoms with van der Waals surface area (Å²) in [5.74, 6) is -0.992. The van der Waals surface area contributed by atoms with Crippen LogP contribution in [0.3, 0.4) is 0 Å². The molecule has 0 fully saturated rings. The first-order valence-electron chi connectivity index (χ1n) is 5.88. The number of anilines is 2. The van der Waals surface area contributed by atoms with Gasteiger partial charge < -0.3 is 15.7 Å². The van der Waals surface area contributed by atoms with E-state index in [0.717, 1.165) is 0 Å². The number of carboxylic acids is 1. The molecule has 2 rings (SSSR count). The van der Waals surface area contributed by atoms with E-state index in [-0.39, 0.29) is 5.56 Å². The summed E-state index contributed by atoms with van der Waals surface area (Å²) in [7, 11) is 0. The van der Waals surface area contributed by atoms with Gasteiger partial charge in [-0.05, 0) is 42.8 Å². The van der Waals surface area contributed by atoms with E-state index in [1.165, 1.54) is 12.3 Å². The van der Waals surface area contributed by atoms with E-state index in [1.54, 1.807) is 37.4 Å². The maximum Gasteiger partial charge on any atom is 0.335 e. The minimum atomic E-state index is -0.992. The van der Waals surface area contributed by atoms with Crippen molar-refractivity contribution >= 4 is 23.4 Å². The summed E-state index contributed by atoms with van der Waals surface area (Å²) in [6.45, 7) is 1.67. The Morgan fingerprint density at radius 2 is 1.90 bits per heavy atom. The summed E-state index contributed by atoms with van der Waals surface area (Å²) in [5, 5.41) is 14.2. The van der Waals surface area contributed by atoms with Crippen LogP contribution in [0.25, 0.3) is 0 Å². The van der Waals surface area contributed by atoms with Gasteiger partial charge in [-0.3, -0.25) is 4.98 Å². The van der Waals surface area contributed by atoms with Crippen LogP contribution >= 0.6 is 0 Å². The number of amides is 2. The molecule has 1 heterocycles. The number of hydrogen-bond donors (Lipinski definition) is 3. The molecule has 0 atom stereocenters. The predicted octanol–water partition coefficient (Wildman–Crippen LogP) is 2.73. The van der Waals surface area contributed by atoms with Gasteiger partial charge in [0.25, 0.3) is 0 Å². The quantitative estimate of drug-likeness (QED) is 0.800. The molecule has 1 aromatic carbocycles. The van der Waals surface area contributed by atoms with Gasteiger partial charge in [0.1, 0.15) is 0 Å². The summed E-state index contributed by atoms with van der Waals surface area (Å²) in [5.41, 5.74) is 1.89. The van der Waals surface area contributed by atoms with Crippen LogP contribution in [0, 0.1) is 6.92 Å². The highest BCUT2D eigenvalue weighted by Crippen LogP contribution is 2.15. The lowest BCUT2D eigenvalue weighted by atomic mass is 10.1. The molecule has 2 aromatic rings. The zero-order chi connectivity index (χ0) is 14.5. The number of nitrogens with zero attached hydrogens (tertiary/aromatic N) is 1. The standard InChI is InChI=1S/C14H13N3O3/c1-9-7-10(4-5-12(9)13(18)19)16-14(20)17-11-3-2-6-15-8-11/h2-8H,1H3,(H,18,19)(H2,16,17,20). The van der Waals surface area contributed by atoms with Gasteiger partial charge >= 0.3 is 12.0 Å². The number of pyridine rings is 1. The largest absolute Gasteiger partial charge is 0.478 e. The van der Waals surface area contributed by atoms with E-state index in [1.807, 2.05) is 0 Å². The number of urea groups is 1. The minimum absolute atomic E-state index is 0.211. The molecule has 0 saturated carbocycles. The van der Waals surface area contributed by atoms with Crippen molar-refractivity contribution in [2.75, 3.05) is 10.6 Å². The van der Waals surface area contributed by atoms with E-state index >= 15 is 0 Å². The second-order valence-corrected chi connectivity index (χ2v) is 4.16. The van der Waals surface area contributed by atoms with Crippen LogP contribution in [0.2, 0.25) is 0 Å². The van der Waals surface area contributed by atoms with Gasteiger partial charge in [0.05, 0.1) is 17.4 Å². The van der Waals surface area contributed by atoms with Crippen LogP contribution < -0.4 is 10.6 Å². The highest BCUT2D eigenvalue weighted by molar-refractivity contribution is 6.00. The molecular weight excluding hydrogens is 258 g/mol. The van der Waals surface area contributed by atoms with Crippen LogP contribution in [0.1, 0.15) is 15.9 Å². The van der Waals surface area contributed by atoms with Crippen LogP contribution in [0.15, 0.2) is 42.7 Å². The third-order valence-corrected chi connectivity index (χ3v) is 2.63. The molecule has 0 unspecified atom stereocenters. The molecule has 0 spiro atoms. The zero-order valence-electron chi connectivity index (χ0n) is 10.8. The summed E-state index contributed by atoms with van der Waals surface area (Å²) in [4.78, 5) is 26.5. The van der Waals surface area contributed by atoms with Crippen molar-refractivity contribution in [1.29, 1.82) is 0 Å².